The van der Waals surface area contributed by atoms with E-state index < -0.39 is 40.5 Å². The van der Waals surface area contributed by atoms with Crippen molar-refractivity contribution in [1.82, 2.24) is 0 Å². The van der Waals surface area contributed by atoms with Crippen molar-refractivity contribution >= 4 is 17.6 Å². The van der Waals surface area contributed by atoms with E-state index in [2.05, 4.69) is 5.32 Å². The van der Waals surface area contributed by atoms with E-state index in [1.807, 2.05) is 0 Å². The number of esters is 2. The topological polar surface area (TPSA) is 88.4 Å². The predicted octanol–water partition coefficient (Wildman–Crippen LogP) is 1.97. The van der Waals surface area contributed by atoms with Crippen LogP contribution in [0.25, 0.3) is 0 Å². The Morgan fingerprint density at radius 3 is 2.14 bits per heavy atom. The molecule has 0 bridgehead atoms. The Labute approximate surface area is 123 Å². The summed E-state index contributed by atoms with van der Waals surface area (Å²) in [6, 6.07) is 3.08. The number of hydrogen-bond acceptors (Lipinski definition) is 6. The molecule has 114 valence electrons. The molecule has 2 rings (SSSR count). The summed E-state index contributed by atoms with van der Waals surface area (Å²) in [5, 5.41) is 10.9. The van der Waals surface area contributed by atoms with Gasteiger partial charge in [-0.15, -0.1) is 0 Å². The van der Waals surface area contributed by atoms with E-state index in [1.165, 1.54) is 19.9 Å². The maximum atomic E-state index is 13.4. The predicted molar refractivity (Wildman–Crippen MR) is 69.0 cm³/mol. The third-order valence-electron chi connectivity index (χ3n) is 2.65. The number of hydrogen-bond donors (Lipinski definition) is 1. The van der Waals surface area contributed by atoms with Gasteiger partial charge >= 0.3 is 11.9 Å². The average molecular weight is 308 g/mol. The summed E-state index contributed by atoms with van der Waals surface area (Å²) in [6.07, 6.45) is 0.917. The highest BCUT2D eigenvalue weighted by Crippen LogP contribution is 2.23. The first kappa shape index (κ1) is 15.4. The maximum Gasteiger partial charge on any atom is 0.350 e. The summed E-state index contributed by atoms with van der Waals surface area (Å²) in [7, 11) is 0. The Hall–Kier alpha value is -2.95. The zero-order valence-corrected chi connectivity index (χ0v) is 11.6. The molecule has 0 aliphatic carbocycles. The number of carbonyl (C=O) groups excluding carboxylic acids is 2. The Morgan fingerprint density at radius 2 is 1.68 bits per heavy atom. The molecule has 0 spiro atoms. The summed E-state index contributed by atoms with van der Waals surface area (Å²) in [6.45, 7) is 2.77. The van der Waals surface area contributed by atoms with E-state index in [0.717, 1.165) is 18.3 Å². The molecule has 1 aromatic carbocycles. The molecule has 1 aliphatic rings. The number of ether oxygens (including phenoxy) is 2. The fourth-order valence-corrected chi connectivity index (χ4v) is 1.70. The van der Waals surface area contributed by atoms with Crippen molar-refractivity contribution in [2.24, 2.45) is 0 Å². The minimum atomic E-state index is -1.38. The van der Waals surface area contributed by atoms with Gasteiger partial charge in [-0.1, -0.05) is 0 Å². The normalized spacial score (nSPS) is 16.4. The van der Waals surface area contributed by atoms with Crippen molar-refractivity contribution in [3.63, 3.8) is 0 Å². The van der Waals surface area contributed by atoms with E-state index in [4.69, 9.17) is 14.7 Å². The van der Waals surface area contributed by atoms with E-state index in [0.29, 0.717) is 0 Å². The number of benzene rings is 1. The van der Waals surface area contributed by atoms with Gasteiger partial charge < -0.3 is 14.8 Å². The van der Waals surface area contributed by atoms with Crippen LogP contribution in [0.4, 0.5) is 14.5 Å². The molecule has 0 amide bonds. The van der Waals surface area contributed by atoms with Gasteiger partial charge in [-0.3, -0.25) is 0 Å². The molecule has 0 radical (unpaired) electrons. The van der Waals surface area contributed by atoms with Crippen LogP contribution in [-0.4, -0.2) is 17.7 Å². The smallest absolute Gasteiger partial charge is 0.350 e. The summed E-state index contributed by atoms with van der Waals surface area (Å²) in [5.74, 6) is -5.37. The lowest BCUT2D eigenvalue weighted by atomic mass is 10.2. The zero-order valence-electron chi connectivity index (χ0n) is 11.6. The van der Waals surface area contributed by atoms with Crippen molar-refractivity contribution in [2.45, 2.75) is 19.6 Å². The number of nitriles is 1. The summed E-state index contributed by atoms with van der Waals surface area (Å²) >= 11 is 0. The molecule has 1 N–H and O–H groups in total. The van der Waals surface area contributed by atoms with Crippen LogP contribution in [0.3, 0.4) is 0 Å². The van der Waals surface area contributed by atoms with Gasteiger partial charge in [-0.2, -0.15) is 5.26 Å². The molecule has 6 nitrogen and oxygen atoms in total. The number of nitrogens with one attached hydrogen (secondary N) is 1. The third kappa shape index (κ3) is 3.03. The van der Waals surface area contributed by atoms with Gasteiger partial charge in [0.05, 0.1) is 0 Å². The highest BCUT2D eigenvalue weighted by atomic mass is 19.1. The van der Waals surface area contributed by atoms with Crippen LogP contribution < -0.4 is 5.32 Å². The maximum absolute atomic E-state index is 13.4. The van der Waals surface area contributed by atoms with Crippen LogP contribution in [0.5, 0.6) is 0 Å². The first-order valence-electron chi connectivity index (χ1n) is 6.06. The number of nitrogens with zero attached hydrogens (tertiary/aromatic N) is 1. The summed E-state index contributed by atoms with van der Waals surface area (Å²) in [4.78, 5) is 23.3. The second-order valence-corrected chi connectivity index (χ2v) is 4.81. The molecule has 1 aromatic rings. The van der Waals surface area contributed by atoms with Gasteiger partial charge in [0.1, 0.15) is 23.3 Å². The van der Waals surface area contributed by atoms with E-state index >= 15 is 0 Å². The highest BCUT2D eigenvalue weighted by Gasteiger charge is 2.38. The Balaban J connectivity index is 2.24. The Kier molecular flexibility index (Phi) is 3.82. The van der Waals surface area contributed by atoms with Crippen molar-refractivity contribution in [3.8, 4) is 6.07 Å². The summed E-state index contributed by atoms with van der Waals surface area (Å²) in [5.41, 5.74) is -1.27. The van der Waals surface area contributed by atoms with Gasteiger partial charge in [-0.25, -0.2) is 18.4 Å². The molecule has 1 aliphatic heterocycles. The van der Waals surface area contributed by atoms with E-state index in [-0.39, 0.29) is 5.69 Å². The van der Waals surface area contributed by atoms with Crippen molar-refractivity contribution < 1.29 is 27.8 Å². The fraction of sp³-hybridized carbons (Fsp3) is 0.214. The molecular formula is C14H10F2N2O4. The molecule has 1 heterocycles. The Morgan fingerprint density at radius 1 is 1.18 bits per heavy atom. The molecule has 0 atom stereocenters. The third-order valence-corrected chi connectivity index (χ3v) is 2.65. The van der Waals surface area contributed by atoms with E-state index in [9.17, 15) is 18.4 Å². The minimum absolute atomic E-state index is 0.0908. The van der Waals surface area contributed by atoms with Crippen molar-refractivity contribution in [1.29, 1.82) is 5.26 Å². The van der Waals surface area contributed by atoms with Crippen molar-refractivity contribution in [3.05, 3.63) is 41.1 Å². The molecule has 0 aromatic heterocycles. The minimum Gasteiger partial charge on any atom is -0.419 e. The lowest BCUT2D eigenvalue weighted by Crippen LogP contribution is -2.42. The average Bonchev–Trinajstić information content (AvgIpc) is 2.35. The first-order valence-corrected chi connectivity index (χ1v) is 6.06. The quantitative estimate of drug-likeness (QED) is 0.510. The molecule has 1 fully saturated rings. The summed E-state index contributed by atoms with van der Waals surface area (Å²) < 4.78 is 36.5. The number of rotatable bonds is 2. The van der Waals surface area contributed by atoms with Crippen LogP contribution >= 0.6 is 0 Å². The fourth-order valence-electron chi connectivity index (χ4n) is 1.70. The first-order chi connectivity index (χ1) is 10.2. The standard InChI is InChI=1S/C14H10F2N2O4/c1-14(2)21-12(19)9(13(20)22-14)6-18-7-3-10(15)8(5-17)11(16)4-7/h3-4,6,18H,1-2H3. The van der Waals surface area contributed by atoms with Gasteiger partial charge in [0.2, 0.25) is 0 Å². The number of anilines is 1. The van der Waals surface area contributed by atoms with E-state index in [1.54, 1.807) is 0 Å². The number of cyclic esters (lactones) is 2. The molecule has 8 heteroatoms. The lowest BCUT2D eigenvalue weighted by molar-refractivity contribution is -0.222. The zero-order chi connectivity index (χ0) is 16.5. The second kappa shape index (κ2) is 5.44. The Bertz CT molecular complexity index is 690. The van der Waals surface area contributed by atoms with Crippen molar-refractivity contribution in [2.75, 3.05) is 5.32 Å². The van der Waals surface area contributed by atoms with Crippen LogP contribution in [0.15, 0.2) is 23.9 Å². The molecule has 1 saturated heterocycles. The monoisotopic (exact) mass is 308 g/mol. The molecule has 0 saturated carbocycles. The highest BCUT2D eigenvalue weighted by molar-refractivity contribution is 6.15. The molecule has 0 unspecified atom stereocenters. The van der Waals surface area contributed by atoms with Gasteiger partial charge in [0.25, 0.3) is 5.79 Å². The largest absolute Gasteiger partial charge is 0.419 e. The molecule has 22 heavy (non-hydrogen) atoms. The van der Waals surface area contributed by atoms with Crippen LogP contribution in [0.1, 0.15) is 19.4 Å². The van der Waals surface area contributed by atoms with Crippen LogP contribution in [0, 0.1) is 23.0 Å². The molecular weight excluding hydrogens is 298 g/mol. The number of halogens is 2. The lowest BCUT2D eigenvalue weighted by Gasteiger charge is -2.29. The van der Waals surface area contributed by atoms with Gasteiger partial charge in [-0.05, 0) is 12.1 Å². The van der Waals surface area contributed by atoms with Crippen LogP contribution in [-0.2, 0) is 19.1 Å². The van der Waals surface area contributed by atoms with Crippen LogP contribution in [0.2, 0.25) is 0 Å². The SMILES string of the molecule is CC1(C)OC(=O)C(=CNc2cc(F)c(C#N)c(F)c2)C(=O)O1. The second-order valence-electron chi connectivity index (χ2n) is 4.81. The number of carbonyl (C=O) groups is 2. The van der Waals surface area contributed by atoms with Gasteiger partial charge in [0, 0.05) is 25.7 Å². The van der Waals surface area contributed by atoms with Gasteiger partial charge in [0.15, 0.2) is 5.57 Å².